The number of rotatable bonds is 4. The van der Waals surface area contributed by atoms with Crippen LogP contribution in [0.4, 0.5) is 5.82 Å². The predicted molar refractivity (Wildman–Crippen MR) is 79.2 cm³/mol. The molecule has 0 bridgehead atoms. The van der Waals surface area contributed by atoms with E-state index in [1.54, 1.807) is 31.5 Å². The van der Waals surface area contributed by atoms with E-state index in [4.69, 9.17) is 32.5 Å². The summed E-state index contributed by atoms with van der Waals surface area (Å²) in [5.41, 5.74) is 13.6. The van der Waals surface area contributed by atoms with Crippen molar-refractivity contribution in [2.75, 3.05) is 20.0 Å². The number of aromatic nitrogens is 1. The fraction of sp³-hybridized carbons (Fsp3) is 0.214. The van der Waals surface area contributed by atoms with E-state index in [0.717, 1.165) is 11.1 Å². The van der Waals surface area contributed by atoms with Crippen LogP contribution in [0, 0.1) is 0 Å². The molecule has 0 saturated carbocycles. The fourth-order valence-corrected chi connectivity index (χ4v) is 2.29. The van der Waals surface area contributed by atoms with Crippen LogP contribution in [-0.2, 0) is 0 Å². The summed E-state index contributed by atoms with van der Waals surface area (Å²) in [5, 5.41) is 0.430. The summed E-state index contributed by atoms with van der Waals surface area (Å²) in [5.74, 6) is 1.39. The molecule has 0 amide bonds. The summed E-state index contributed by atoms with van der Waals surface area (Å²) in [6, 6.07) is 6.69. The first-order valence-corrected chi connectivity index (χ1v) is 6.33. The SMILES string of the molecule is COc1cc(C(N)c2cccnc2N)cc(Cl)c1OC. The van der Waals surface area contributed by atoms with Crippen molar-refractivity contribution in [3.8, 4) is 11.5 Å². The summed E-state index contributed by atoms with van der Waals surface area (Å²) in [7, 11) is 3.07. The summed E-state index contributed by atoms with van der Waals surface area (Å²) in [6.45, 7) is 0. The summed E-state index contributed by atoms with van der Waals surface area (Å²) in [6.07, 6.45) is 1.62. The Kier molecular flexibility index (Phi) is 4.32. The van der Waals surface area contributed by atoms with E-state index in [0.29, 0.717) is 22.3 Å². The first kappa shape index (κ1) is 14.4. The van der Waals surface area contributed by atoms with Gasteiger partial charge in [0.1, 0.15) is 5.82 Å². The second-order valence-electron chi connectivity index (χ2n) is 4.19. The van der Waals surface area contributed by atoms with E-state index < -0.39 is 6.04 Å². The smallest absolute Gasteiger partial charge is 0.179 e. The lowest BCUT2D eigenvalue weighted by Crippen LogP contribution is -2.15. The van der Waals surface area contributed by atoms with Crippen molar-refractivity contribution in [2.24, 2.45) is 5.73 Å². The Morgan fingerprint density at radius 3 is 2.60 bits per heavy atom. The summed E-state index contributed by atoms with van der Waals surface area (Å²) in [4.78, 5) is 4.03. The zero-order chi connectivity index (χ0) is 14.7. The summed E-state index contributed by atoms with van der Waals surface area (Å²) >= 11 is 6.18. The van der Waals surface area contributed by atoms with Gasteiger partial charge in [0.05, 0.1) is 25.3 Å². The molecule has 1 aromatic carbocycles. The number of nitrogen functional groups attached to an aromatic ring is 1. The second-order valence-corrected chi connectivity index (χ2v) is 4.60. The number of anilines is 1. The highest BCUT2D eigenvalue weighted by Gasteiger charge is 2.17. The van der Waals surface area contributed by atoms with E-state index in [-0.39, 0.29) is 0 Å². The Morgan fingerprint density at radius 2 is 2.00 bits per heavy atom. The Hall–Kier alpha value is -1.98. The van der Waals surface area contributed by atoms with E-state index in [1.807, 2.05) is 6.07 Å². The molecule has 0 aliphatic heterocycles. The normalized spacial score (nSPS) is 12.0. The van der Waals surface area contributed by atoms with E-state index >= 15 is 0 Å². The van der Waals surface area contributed by atoms with Gasteiger partial charge in [0, 0.05) is 11.8 Å². The molecule has 0 spiro atoms. The monoisotopic (exact) mass is 293 g/mol. The molecule has 1 heterocycles. The Morgan fingerprint density at radius 1 is 1.25 bits per heavy atom. The molecule has 6 heteroatoms. The molecule has 0 fully saturated rings. The van der Waals surface area contributed by atoms with Crippen LogP contribution in [0.5, 0.6) is 11.5 Å². The minimum atomic E-state index is -0.444. The van der Waals surface area contributed by atoms with Crippen molar-refractivity contribution in [1.82, 2.24) is 4.98 Å². The molecule has 106 valence electrons. The van der Waals surface area contributed by atoms with Crippen molar-refractivity contribution in [3.63, 3.8) is 0 Å². The quantitative estimate of drug-likeness (QED) is 0.904. The van der Waals surface area contributed by atoms with Crippen molar-refractivity contribution < 1.29 is 9.47 Å². The molecular formula is C14H16ClN3O2. The average Bonchev–Trinajstić information content (AvgIpc) is 2.46. The van der Waals surface area contributed by atoms with Gasteiger partial charge in [-0.3, -0.25) is 0 Å². The van der Waals surface area contributed by atoms with Crippen molar-refractivity contribution in [1.29, 1.82) is 0 Å². The van der Waals surface area contributed by atoms with E-state index in [9.17, 15) is 0 Å². The standard InChI is InChI=1S/C14H16ClN3O2/c1-19-11-7-8(6-10(15)13(11)20-2)12(16)9-4-3-5-18-14(9)17/h3-7,12H,16H2,1-2H3,(H2,17,18). The van der Waals surface area contributed by atoms with Crippen LogP contribution in [0.3, 0.4) is 0 Å². The number of methoxy groups -OCH3 is 2. The molecule has 0 radical (unpaired) electrons. The van der Waals surface area contributed by atoms with Gasteiger partial charge in [-0.25, -0.2) is 4.98 Å². The lowest BCUT2D eigenvalue weighted by atomic mass is 9.99. The first-order chi connectivity index (χ1) is 9.58. The van der Waals surface area contributed by atoms with Gasteiger partial charge in [-0.15, -0.1) is 0 Å². The maximum atomic E-state index is 6.23. The van der Waals surface area contributed by atoms with Crippen molar-refractivity contribution in [3.05, 3.63) is 46.6 Å². The highest BCUT2D eigenvalue weighted by atomic mass is 35.5. The molecular weight excluding hydrogens is 278 g/mol. The maximum Gasteiger partial charge on any atom is 0.179 e. The van der Waals surface area contributed by atoms with Crippen LogP contribution in [0.2, 0.25) is 5.02 Å². The topological polar surface area (TPSA) is 83.4 Å². The van der Waals surface area contributed by atoms with Gasteiger partial charge in [0.15, 0.2) is 11.5 Å². The molecule has 0 aliphatic rings. The van der Waals surface area contributed by atoms with E-state index in [1.165, 1.54) is 7.11 Å². The number of pyridine rings is 1. The van der Waals surface area contributed by atoms with E-state index in [2.05, 4.69) is 4.98 Å². The fourth-order valence-electron chi connectivity index (χ4n) is 1.99. The zero-order valence-corrected chi connectivity index (χ0v) is 12.0. The molecule has 2 rings (SSSR count). The number of hydrogen-bond donors (Lipinski definition) is 2. The highest BCUT2D eigenvalue weighted by Crippen LogP contribution is 2.38. The van der Waals surface area contributed by atoms with Crippen molar-refractivity contribution in [2.45, 2.75) is 6.04 Å². The van der Waals surface area contributed by atoms with Crippen LogP contribution < -0.4 is 20.9 Å². The van der Waals surface area contributed by atoms with Gasteiger partial charge in [-0.05, 0) is 23.8 Å². The third-order valence-corrected chi connectivity index (χ3v) is 3.30. The van der Waals surface area contributed by atoms with Crippen LogP contribution in [-0.4, -0.2) is 19.2 Å². The van der Waals surface area contributed by atoms with Crippen LogP contribution in [0.15, 0.2) is 30.5 Å². The molecule has 2 aromatic rings. The van der Waals surface area contributed by atoms with Gasteiger partial charge in [-0.1, -0.05) is 17.7 Å². The van der Waals surface area contributed by atoms with Crippen LogP contribution >= 0.6 is 11.6 Å². The molecule has 5 nitrogen and oxygen atoms in total. The van der Waals surface area contributed by atoms with Gasteiger partial charge in [-0.2, -0.15) is 0 Å². The third-order valence-electron chi connectivity index (χ3n) is 3.02. The van der Waals surface area contributed by atoms with Gasteiger partial charge in [0.2, 0.25) is 0 Å². The number of nitrogens with two attached hydrogens (primary N) is 2. The summed E-state index contributed by atoms with van der Waals surface area (Å²) < 4.78 is 10.5. The number of halogens is 1. The van der Waals surface area contributed by atoms with Crippen LogP contribution in [0.1, 0.15) is 17.2 Å². The van der Waals surface area contributed by atoms with Gasteiger partial charge < -0.3 is 20.9 Å². The third kappa shape index (κ3) is 2.64. The van der Waals surface area contributed by atoms with Crippen LogP contribution in [0.25, 0.3) is 0 Å². The number of ether oxygens (including phenoxy) is 2. The lowest BCUT2D eigenvalue weighted by molar-refractivity contribution is 0.354. The number of hydrogen-bond acceptors (Lipinski definition) is 5. The molecule has 1 atom stereocenters. The minimum Gasteiger partial charge on any atom is -0.493 e. The lowest BCUT2D eigenvalue weighted by Gasteiger charge is -2.17. The second kappa shape index (κ2) is 5.98. The molecule has 1 aromatic heterocycles. The molecule has 20 heavy (non-hydrogen) atoms. The molecule has 1 unspecified atom stereocenters. The molecule has 0 aliphatic carbocycles. The maximum absolute atomic E-state index is 6.23. The minimum absolute atomic E-state index is 0.394. The van der Waals surface area contributed by atoms with Gasteiger partial charge >= 0.3 is 0 Å². The Balaban J connectivity index is 2.48. The predicted octanol–water partition coefficient (Wildman–Crippen LogP) is 2.38. The molecule has 4 N–H and O–H groups in total. The molecule has 0 saturated heterocycles. The van der Waals surface area contributed by atoms with Gasteiger partial charge in [0.25, 0.3) is 0 Å². The Bertz CT molecular complexity index is 619. The number of nitrogens with zero attached hydrogens (tertiary/aromatic N) is 1. The van der Waals surface area contributed by atoms with Crippen molar-refractivity contribution >= 4 is 17.4 Å². The average molecular weight is 294 g/mol. The Labute approximate surface area is 122 Å². The first-order valence-electron chi connectivity index (χ1n) is 5.95. The highest BCUT2D eigenvalue weighted by molar-refractivity contribution is 6.32. The largest absolute Gasteiger partial charge is 0.493 e. The number of benzene rings is 1. The zero-order valence-electron chi connectivity index (χ0n) is 11.3.